The SMILES string of the molecule is CC(O)(O)c1c(C(=O)O)cc(S(=O)(=O)O)cc1C(=O)O. The molecule has 0 saturated carbocycles. The normalized spacial score (nSPS) is 12.2. The third-order valence-electron chi connectivity index (χ3n) is 2.34. The van der Waals surface area contributed by atoms with Gasteiger partial charge in [-0.05, 0) is 19.1 Å². The molecule has 0 heterocycles. The predicted molar refractivity (Wildman–Crippen MR) is 62.0 cm³/mol. The third-order valence-corrected chi connectivity index (χ3v) is 3.18. The molecule has 1 aromatic rings. The van der Waals surface area contributed by atoms with E-state index in [0.717, 1.165) is 0 Å². The van der Waals surface area contributed by atoms with Crippen LogP contribution in [0.1, 0.15) is 33.2 Å². The number of hydrogen-bond acceptors (Lipinski definition) is 6. The standard InChI is InChI=1S/C10H10O9S/c1-10(15,16)7-5(8(11)12)2-4(20(17,18)19)3-6(7)9(13)14/h2-3,15-16H,1H3,(H,11,12)(H,13,14)(H,17,18,19). The third kappa shape index (κ3) is 3.11. The van der Waals surface area contributed by atoms with Crippen molar-refractivity contribution in [3.8, 4) is 0 Å². The summed E-state index contributed by atoms with van der Waals surface area (Å²) in [6.45, 7) is 0.717. The van der Waals surface area contributed by atoms with Gasteiger partial charge in [-0.1, -0.05) is 0 Å². The van der Waals surface area contributed by atoms with Crippen LogP contribution in [0.4, 0.5) is 0 Å². The molecular weight excluding hydrogens is 296 g/mol. The molecule has 9 nitrogen and oxygen atoms in total. The molecule has 20 heavy (non-hydrogen) atoms. The molecule has 0 aliphatic heterocycles. The second kappa shape index (κ2) is 4.83. The Hall–Kier alpha value is -2.01. The molecule has 110 valence electrons. The number of carbonyl (C=O) groups is 2. The van der Waals surface area contributed by atoms with E-state index in [4.69, 9.17) is 14.8 Å². The number of benzene rings is 1. The predicted octanol–water partition coefficient (Wildman–Crippen LogP) is -0.513. The highest BCUT2D eigenvalue weighted by Gasteiger charge is 2.33. The van der Waals surface area contributed by atoms with Crippen molar-refractivity contribution in [1.29, 1.82) is 0 Å². The van der Waals surface area contributed by atoms with Crippen LogP contribution in [0.2, 0.25) is 0 Å². The number of hydrogen-bond donors (Lipinski definition) is 5. The molecule has 0 amide bonds. The van der Waals surface area contributed by atoms with Gasteiger partial charge in [-0.3, -0.25) is 4.55 Å². The van der Waals surface area contributed by atoms with E-state index in [1.807, 2.05) is 0 Å². The highest BCUT2D eigenvalue weighted by Crippen LogP contribution is 2.29. The summed E-state index contributed by atoms with van der Waals surface area (Å²) in [5, 5.41) is 36.8. The fraction of sp³-hybridized carbons (Fsp3) is 0.200. The highest BCUT2D eigenvalue weighted by molar-refractivity contribution is 7.85. The van der Waals surface area contributed by atoms with Gasteiger partial charge in [0.15, 0.2) is 5.79 Å². The number of carboxylic acid groups (broad SMARTS) is 2. The van der Waals surface area contributed by atoms with Crippen LogP contribution < -0.4 is 0 Å². The fourth-order valence-corrected chi connectivity index (χ4v) is 2.15. The summed E-state index contributed by atoms with van der Waals surface area (Å²) in [5.74, 6) is -6.41. The molecule has 0 radical (unpaired) electrons. The fourth-order valence-electron chi connectivity index (χ4n) is 1.61. The number of aliphatic hydroxyl groups is 2. The van der Waals surface area contributed by atoms with Gasteiger partial charge in [0.25, 0.3) is 10.1 Å². The van der Waals surface area contributed by atoms with Crippen LogP contribution in [0.25, 0.3) is 0 Å². The smallest absolute Gasteiger partial charge is 0.336 e. The maximum absolute atomic E-state index is 11.0. The maximum Gasteiger partial charge on any atom is 0.336 e. The van der Waals surface area contributed by atoms with Crippen LogP contribution >= 0.6 is 0 Å². The number of rotatable bonds is 4. The zero-order valence-corrected chi connectivity index (χ0v) is 10.7. The average molecular weight is 306 g/mol. The minimum Gasteiger partial charge on any atom is -0.478 e. The Morgan fingerprint density at radius 3 is 1.60 bits per heavy atom. The van der Waals surface area contributed by atoms with Crippen molar-refractivity contribution in [2.75, 3.05) is 0 Å². The summed E-state index contributed by atoms with van der Waals surface area (Å²) >= 11 is 0. The van der Waals surface area contributed by atoms with E-state index in [0.29, 0.717) is 19.1 Å². The van der Waals surface area contributed by atoms with Gasteiger partial charge < -0.3 is 20.4 Å². The molecule has 0 bridgehead atoms. The lowest BCUT2D eigenvalue weighted by atomic mass is 9.94. The summed E-state index contributed by atoms with van der Waals surface area (Å²) in [4.78, 5) is 21.1. The molecule has 0 aliphatic carbocycles. The summed E-state index contributed by atoms with van der Waals surface area (Å²) < 4.78 is 30.8. The van der Waals surface area contributed by atoms with E-state index < -0.39 is 49.4 Å². The lowest BCUT2D eigenvalue weighted by Gasteiger charge is -2.21. The molecule has 0 atom stereocenters. The molecule has 0 spiro atoms. The van der Waals surface area contributed by atoms with E-state index in [-0.39, 0.29) is 0 Å². The number of aromatic carboxylic acids is 2. The molecule has 0 unspecified atom stereocenters. The van der Waals surface area contributed by atoms with Crippen molar-refractivity contribution in [2.24, 2.45) is 0 Å². The first-order chi connectivity index (χ1) is 8.85. The van der Waals surface area contributed by atoms with Crippen LogP contribution in [-0.2, 0) is 15.9 Å². The van der Waals surface area contributed by atoms with Crippen molar-refractivity contribution in [3.63, 3.8) is 0 Å². The van der Waals surface area contributed by atoms with Gasteiger partial charge in [-0.15, -0.1) is 0 Å². The Bertz CT molecular complexity index is 646. The summed E-state index contributed by atoms with van der Waals surface area (Å²) in [6.07, 6.45) is 0. The molecule has 0 aromatic heterocycles. The quantitative estimate of drug-likeness (QED) is 0.363. The van der Waals surface area contributed by atoms with Crippen molar-refractivity contribution in [2.45, 2.75) is 17.6 Å². The van der Waals surface area contributed by atoms with Gasteiger partial charge in [-0.25, -0.2) is 9.59 Å². The Balaban J connectivity index is 3.93. The zero-order valence-electron chi connectivity index (χ0n) is 9.93. The lowest BCUT2D eigenvalue weighted by molar-refractivity contribution is -0.153. The number of carboxylic acids is 2. The van der Waals surface area contributed by atoms with Gasteiger partial charge >= 0.3 is 11.9 Å². The summed E-state index contributed by atoms with van der Waals surface area (Å²) in [7, 11) is -4.87. The van der Waals surface area contributed by atoms with E-state index >= 15 is 0 Å². The van der Waals surface area contributed by atoms with Crippen molar-refractivity contribution in [3.05, 3.63) is 28.8 Å². The van der Waals surface area contributed by atoms with Gasteiger partial charge in [0, 0.05) is 5.56 Å². The molecule has 1 rings (SSSR count). The van der Waals surface area contributed by atoms with E-state index in [1.54, 1.807) is 0 Å². The van der Waals surface area contributed by atoms with E-state index in [1.165, 1.54) is 0 Å². The van der Waals surface area contributed by atoms with Crippen molar-refractivity contribution >= 4 is 22.1 Å². The minimum absolute atomic E-state index is 0.435. The van der Waals surface area contributed by atoms with Crippen molar-refractivity contribution in [1.82, 2.24) is 0 Å². The van der Waals surface area contributed by atoms with Gasteiger partial charge in [0.1, 0.15) is 0 Å². The summed E-state index contributed by atoms with van der Waals surface area (Å²) in [5.41, 5.74) is -2.83. The second-order valence-corrected chi connectivity index (χ2v) is 5.42. The second-order valence-electron chi connectivity index (χ2n) is 4.00. The minimum atomic E-state index is -4.87. The molecular formula is C10H10O9S. The first-order valence-corrected chi connectivity index (χ1v) is 6.37. The molecule has 5 N–H and O–H groups in total. The molecule has 10 heteroatoms. The first kappa shape index (κ1) is 16.0. The largest absolute Gasteiger partial charge is 0.478 e. The molecule has 0 fully saturated rings. The molecule has 1 aromatic carbocycles. The Kier molecular flexibility index (Phi) is 3.87. The van der Waals surface area contributed by atoms with Crippen molar-refractivity contribution < 1.29 is 43.0 Å². The monoisotopic (exact) mass is 306 g/mol. The first-order valence-electron chi connectivity index (χ1n) is 4.93. The Labute approximate surface area is 112 Å². The average Bonchev–Trinajstić information content (AvgIpc) is 2.24. The Morgan fingerprint density at radius 2 is 1.40 bits per heavy atom. The summed E-state index contributed by atoms with van der Waals surface area (Å²) in [6, 6.07) is 0.869. The van der Waals surface area contributed by atoms with Crippen LogP contribution in [-0.4, -0.2) is 45.3 Å². The van der Waals surface area contributed by atoms with Crippen LogP contribution in [0.15, 0.2) is 17.0 Å². The molecule has 0 saturated heterocycles. The van der Waals surface area contributed by atoms with Gasteiger partial charge in [-0.2, -0.15) is 8.42 Å². The topological polar surface area (TPSA) is 169 Å². The van der Waals surface area contributed by atoms with Gasteiger partial charge in [0.05, 0.1) is 16.0 Å². The van der Waals surface area contributed by atoms with E-state index in [9.17, 15) is 28.2 Å². The van der Waals surface area contributed by atoms with Crippen LogP contribution in [0.5, 0.6) is 0 Å². The highest BCUT2D eigenvalue weighted by atomic mass is 32.2. The van der Waals surface area contributed by atoms with E-state index in [2.05, 4.69) is 0 Å². The molecule has 0 aliphatic rings. The van der Waals surface area contributed by atoms with Crippen LogP contribution in [0.3, 0.4) is 0 Å². The zero-order chi connectivity index (χ0) is 15.9. The van der Waals surface area contributed by atoms with Gasteiger partial charge in [0.2, 0.25) is 0 Å². The van der Waals surface area contributed by atoms with Crippen LogP contribution in [0, 0.1) is 0 Å². The lowest BCUT2D eigenvalue weighted by Crippen LogP contribution is -2.27. The Morgan fingerprint density at radius 1 is 1.05 bits per heavy atom. The maximum atomic E-state index is 11.0.